The first kappa shape index (κ1) is 20.7. The Bertz CT molecular complexity index is 973. The lowest BCUT2D eigenvalue weighted by Crippen LogP contribution is -2.36. The maximum Gasteiger partial charge on any atom is 0.236 e. The molecule has 7 heteroatoms. The van der Waals surface area contributed by atoms with Crippen LogP contribution >= 0.6 is 11.6 Å². The van der Waals surface area contributed by atoms with Crippen molar-refractivity contribution in [2.45, 2.75) is 38.9 Å². The van der Waals surface area contributed by atoms with Gasteiger partial charge in [0.05, 0.1) is 5.75 Å². The van der Waals surface area contributed by atoms with Crippen LogP contribution in [0.1, 0.15) is 37.8 Å². The van der Waals surface area contributed by atoms with E-state index in [0.717, 1.165) is 17.7 Å². The SMILES string of the molecule is CC(C)CCN1C(=O)CCc2cc(NS(=O)(=O)Cc3ccccc3Cl)ccc21. The van der Waals surface area contributed by atoms with Gasteiger partial charge in [-0.15, -0.1) is 0 Å². The molecule has 0 saturated heterocycles. The van der Waals surface area contributed by atoms with Gasteiger partial charge in [0.2, 0.25) is 15.9 Å². The van der Waals surface area contributed by atoms with Gasteiger partial charge in [-0.05, 0) is 54.2 Å². The van der Waals surface area contributed by atoms with E-state index >= 15 is 0 Å². The maximum absolute atomic E-state index is 12.5. The van der Waals surface area contributed by atoms with Gasteiger partial charge in [0.25, 0.3) is 0 Å². The summed E-state index contributed by atoms with van der Waals surface area (Å²) >= 11 is 6.08. The highest BCUT2D eigenvalue weighted by atomic mass is 35.5. The number of carbonyl (C=O) groups excluding carboxylic acids is 1. The molecule has 2 aromatic carbocycles. The van der Waals surface area contributed by atoms with Crippen LogP contribution in [0.15, 0.2) is 42.5 Å². The molecule has 28 heavy (non-hydrogen) atoms. The molecule has 150 valence electrons. The Labute approximate surface area is 171 Å². The number of hydrogen-bond acceptors (Lipinski definition) is 3. The van der Waals surface area contributed by atoms with Crippen molar-refractivity contribution in [3.8, 4) is 0 Å². The Morgan fingerprint density at radius 2 is 1.89 bits per heavy atom. The highest BCUT2D eigenvalue weighted by Gasteiger charge is 2.24. The van der Waals surface area contributed by atoms with Crippen LogP contribution in [0.2, 0.25) is 5.02 Å². The summed E-state index contributed by atoms with van der Waals surface area (Å²) in [6, 6.07) is 12.3. The Morgan fingerprint density at radius 3 is 2.61 bits per heavy atom. The monoisotopic (exact) mass is 420 g/mol. The quantitative estimate of drug-likeness (QED) is 0.711. The minimum Gasteiger partial charge on any atom is -0.312 e. The first-order valence-electron chi connectivity index (χ1n) is 9.42. The molecule has 1 heterocycles. The van der Waals surface area contributed by atoms with Crippen LogP contribution in [0, 0.1) is 5.92 Å². The number of anilines is 2. The smallest absolute Gasteiger partial charge is 0.236 e. The number of rotatable bonds is 7. The molecule has 0 saturated carbocycles. The molecule has 5 nitrogen and oxygen atoms in total. The molecule has 0 fully saturated rings. The Morgan fingerprint density at radius 1 is 1.14 bits per heavy atom. The number of carbonyl (C=O) groups is 1. The lowest BCUT2D eigenvalue weighted by Gasteiger charge is -2.30. The molecule has 0 unspecified atom stereocenters. The fourth-order valence-electron chi connectivity index (χ4n) is 3.29. The van der Waals surface area contributed by atoms with E-state index in [0.29, 0.717) is 41.6 Å². The Hall–Kier alpha value is -2.05. The molecular formula is C21H25ClN2O3S. The number of aryl methyl sites for hydroxylation is 1. The van der Waals surface area contributed by atoms with Crippen molar-refractivity contribution in [3.05, 3.63) is 58.6 Å². The average Bonchev–Trinajstić information content (AvgIpc) is 2.62. The van der Waals surface area contributed by atoms with Gasteiger partial charge in [-0.1, -0.05) is 43.6 Å². The molecule has 0 aromatic heterocycles. The molecule has 0 spiro atoms. The second-order valence-corrected chi connectivity index (χ2v) is 9.65. The van der Waals surface area contributed by atoms with Crippen molar-refractivity contribution in [1.29, 1.82) is 0 Å². The van der Waals surface area contributed by atoms with Crippen molar-refractivity contribution in [3.63, 3.8) is 0 Å². The molecule has 1 amide bonds. The molecule has 1 aliphatic rings. The summed E-state index contributed by atoms with van der Waals surface area (Å²) in [5.41, 5.74) is 2.93. The van der Waals surface area contributed by atoms with Crippen LogP contribution in [-0.2, 0) is 27.0 Å². The van der Waals surface area contributed by atoms with Crippen molar-refractivity contribution in [2.24, 2.45) is 5.92 Å². The summed E-state index contributed by atoms with van der Waals surface area (Å²) in [6.07, 6.45) is 1.99. The zero-order chi connectivity index (χ0) is 20.3. The van der Waals surface area contributed by atoms with Gasteiger partial charge in [0.1, 0.15) is 0 Å². The molecule has 1 aliphatic heterocycles. The van der Waals surface area contributed by atoms with Gasteiger partial charge < -0.3 is 4.90 Å². The molecule has 0 atom stereocenters. The number of benzene rings is 2. The summed E-state index contributed by atoms with van der Waals surface area (Å²) in [5, 5.41) is 0.428. The van der Waals surface area contributed by atoms with Crippen LogP contribution < -0.4 is 9.62 Å². The third kappa shape index (κ3) is 5.06. The van der Waals surface area contributed by atoms with Gasteiger partial charge in [0.15, 0.2) is 0 Å². The second-order valence-electron chi connectivity index (χ2n) is 7.52. The Balaban J connectivity index is 1.78. The summed E-state index contributed by atoms with van der Waals surface area (Å²) < 4.78 is 27.7. The first-order chi connectivity index (χ1) is 13.2. The van der Waals surface area contributed by atoms with Gasteiger partial charge >= 0.3 is 0 Å². The molecular weight excluding hydrogens is 396 g/mol. The molecule has 0 radical (unpaired) electrons. The highest BCUT2D eigenvalue weighted by Crippen LogP contribution is 2.31. The zero-order valence-corrected chi connectivity index (χ0v) is 17.7. The minimum absolute atomic E-state index is 0.125. The van der Waals surface area contributed by atoms with E-state index in [1.807, 2.05) is 17.0 Å². The fourth-order valence-corrected chi connectivity index (χ4v) is 4.79. The largest absolute Gasteiger partial charge is 0.312 e. The van der Waals surface area contributed by atoms with Crippen LogP contribution in [-0.4, -0.2) is 20.9 Å². The van der Waals surface area contributed by atoms with Gasteiger partial charge in [-0.25, -0.2) is 8.42 Å². The van der Waals surface area contributed by atoms with Crippen molar-refractivity contribution < 1.29 is 13.2 Å². The predicted molar refractivity (Wildman–Crippen MR) is 114 cm³/mol. The van der Waals surface area contributed by atoms with E-state index in [2.05, 4.69) is 18.6 Å². The molecule has 2 aromatic rings. The number of fused-ring (bicyclic) bond motifs is 1. The topological polar surface area (TPSA) is 66.5 Å². The van der Waals surface area contributed by atoms with Crippen molar-refractivity contribution in [1.82, 2.24) is 0 Å². The van der Waals surface area contributed by atoms with E-state index in [1.165, 1.54) is 0 Å². The number of amides is 1. The number of nitrogens with one attached hydrogen (secondary N) is 1. The predicted octanol–water partition coefficient (Wildman–Crippen LogP) is 4.61. The average molecular weight is 421 g/mol. The standard InChI is InChI=1S/C21H25ClN2O3S/c1-15(2)11-12-24-20-9-8-18(13-16(20)7-10-21(24)25)23-28(26,27)14-17-5-3-4-6-19(17)22/h3-6,8-9,13,15,23H,7,10-12,14H2,1-2H3. The first-order valence-corrected chi connectivity index (χ1v) is 11.5. The maximum atomic E-state index is 12.5. The van der Waals surface area contributed by atoms with Crippen LogP contribution in [0.5, 0.6) is 0 Å². The number of sulfonamides is 1. The fraction of sp³-hybridized carbons (Fsp3) is 0.381. The molecule has 0 aliphatic carbocycles. The molecule has 0 bridgehead atoms. The van der Waals surface area contributed by atoms with E-state index in [9.17, 15) is 13.2 Å². The van der Waals surface area contributed by atoms with E-state index < -0.39 is 10.0 Å². The number of hydrogen-bond donors (Lipinski definition) is 1. The zero-order valence-electron chi connectivity index (χ0n) is 16.1. The third-order valence-corrected chi connectivity index (χ3v) is 6.39. The second kappa shape index (κ2) is 8.53. The van der Waals surface area contributed by atoms with Crippen LogP contribution in [0.4, 0.5) is 11.4 Å². The summed E-state index contributed by atoms with van der Waals surface area (Å²) in [7, 11) is -3.60. The Kier molecular flexibility index (Phi) is 6.30. The summed E-state index contributed by atoms with van der Waals surface area (Å²) in [4.78, 5) is 14.1. The normalized spacial score (nSPS) is 14.3. The van der Waals surface area contributed by atoms with Crippen LogP contribution in [0.3, 0.4) is 0 Å². The molecule has 1 N–H and O–H groups in total. The molecule has 3 rings (SSSR count). The van der Waals surface area contributed by atoms with E-state index in [1.54, 1.807) is 30.3 Å². The number of halogens is 1. The van der Waals surface area contributed by atoms with Crippen LogP contribution in [0.25, 0.3) is 0 Å². The van der Waals surface area contributed by atoms with Gasteiger partial charge in [-0.3, -0.25) is 9.52 Å². The lowest BCUT2D eigenvalue weighted by atomic mass is 9.99. The van der Waals surface area contributed by atoms with Crippen molar-refractivity contribution >= 4 is 38.9 Å². The third-order valence-electron chi connectivity index (χ3n) is 4.79. The van der Waals surface area contributed by atoms with Crippen molar-refractivity contribution in [2.75, 3.05) is 16.2 Å². The highest BCUT2D eigenvalue weighted by molar-refractivity contribution is 7.91. The van der Waals surface area contributed by atoms with E-state index in [4.69, 9.17) is 11.6 Å². The van der Waals surface area contributed by atoms with E-state index in [-0.39, 0.29) is 11.7 Å². The van der Waals surface area contributed by atoms with Gasteiger partial charge in [-0.2, -0.15) is 0 Å². The lowest BCUT2D eigenvalue weighted by molar-refractivity contribution is -0.118. The summed E-state index contributed by atoms with van der Waals surface area (Å²) in [5.74, 6) is 0.442. The van der Waals surface area contributed by atoms with Gasteiger partial charge in [0, 0.05) is 29.4 Å². The minimum atomic E-state index is -3.60. The summed E-state index contributed by atoms with van der Waals surface area (Å²) in [6.45, 7) is 4.94. The number of nitrogens with zero attached hydrogens (tertiary/aromatic N) is 1.